The number of rotatable bonds is 1. The fourth-order valence-electron chi connectivity index (χ4n) is 3.07. The molecule has 2 heterocycles. The third-order valence-corrected chi connectivity index (χ3v) is 5.75. The molecule has 0 aromatic heterocycles. The first-order chi connectivity index (χ1) is 10.6. The van der Waals surface area contributed by atoms with Gasteiger partial charge in [-0.05, 0) is 31.4 Å². The number of hydrogen-bond acceptors (Lipinski definition) is 3. The lowest BCUT2D eigenvalue weighted by molar-refractivity contribution is -0.138. The predicted molar refractivity (Wildman–Crippen MR) is 87.6 cm³/mol. The van der Waals surface area contributed by atoms with E-state index in [-0.39, 0.29) is 23.9 Å². The topological polar surface area (TPSA) is 49.4 Å². The van der Waals surface area contributed by atoms with Crippen LogP contribution in [-0.2, 0) is 16.1 Å². The number of carbonyl (C=O) groups is 2. The Balaban J connectivity index is 1.79. The van der Waals surface area contributed by atoms with E-state index in [1.54, 1.807) is 0 Å². The van der Waals surface area contributed by atoms with Gasteiger partial charge in [0.15, 0.2) is 0 Å². The van der Waals surface area contributed by atoms with Crippen LogP contribution in [0.2, 0.25) is 0 Å². The minimum Gasteiger partial charge on any atom is -0.344 e. The maximum absolute atomic E-state index is 12.9. The van der Waals surface area contributed by atoms with Crippen molar-refractivity contribution in [3.63, 3.8) is 0 Å². The lowest BCUT2D eigenvalue weighted by Crippen LogP contribution is -2.50. The van der Waals surface area contributed by atoms with Gasteiger partial charge >= 0.3 is 0 Å². The van der Waals surface area contributed by atoms with Gasteiger partial charge in [0.2, 0.25) is 11.8 Å². The average Bonchev–Trinajstić information content (AvgIpc) is 2.83. The van der Waals surface area contributed by atoms with Crippen molar-refractivity contribution >= 4 is 23.6 Å². The Kier molecular flexibility index (Phi) is 4.71. The zero-order chi connectivity index (χ0) is 15.5. The van der Waals surface area contributed by atoms with Crippen LogP contribution >= 0.6 is 11.8 Å². The van der Waals surface area contributed by atoms with E-state index in [9.17, 15) is 9.59 Å². The van der Waals surface area contributed by atoms with Crippen LogP contribution in [0.25, 0.3) is 0 Å². The fraction of sp³-hybridized carbons (Fsp3) is 0.529. The molecule has 22 heavy (non-hydrogen) atoms. The van der Waals surface area contributed by atoms with Gasteiger partial charge in [0.05, 0.1) is 0 Å². The molecular weight excluding hydrogens is 296 g/mol. The molecule has 1 aromatic carbocycles. The number of benzene rings is 1. The quantitative estimate of drug-likeness (QED) is 0.866. The summed E-state index contributed by atoms with van der Waals surface area (Å²) in [6.45, 7) is 2.73. The van der Waals surface area contributed by atoms with Crippen molar-refractivity contribution in [1.82, 2.24) is 10.2 Å². The molecule has 5 heteroatoms. The van der Waals surface area contributed by atoms with Crippen molar-refractivity contribution in [2.75, 3.05) is 5.75 Å². The standard InChI is InChI=1S/C17H22N2O2S/c1-12-11-22-15-8-4-2-6-13(15)10-19(12)17(21)14-7-3-5-9-16(20)18-14/h2,4,6,8,12,14H,3,5,7,9-11H2,1H3,(H,18,20). The van der Waals surface area contributed by atoms with Crippen molar-refractivity contribution in [3.05, 3.63) is 29.8 Å². The maximum atomic E-state index is 12.9. The molecule has 0 radical (unpaired) electrons. The summed E-state index contributed by atoms with van der Waals surface area (Å²) in [4.78, 5) is 27.9. The first-order valence-electron chi connectivity index (χ1n) is 7.95. The van der Waals surface area contributed by atoms with Crippen LogP contribution in [0.5, 0.6) is 0 Å². The SMILES string of the molecule is CC1CSc2ccccc2CN1C(=O)C1CCCCC(=O)N1. The summed E-state index contributed by atoms with van der Waals surface area (Å²) >= 11 is 1.81. The molecule has 2 aliphatic rings. The van der Waals surface area contributed by atoms with E-state index < -0.39 is 0 Å². The molecule has 1 aromatic rings. The van der Waals surface area contributed by atoms with Gasteiger partial charge in [0, 0.05) is 29.7 Å². The predicted octanol–water partition coefficient (Wildman–Crippen LogP) is 2.57. The summed E-state index contributed by atoms with van der Waals surface area (Å²) in [5.74, 6) is 0.969. The molecule has 2 amide bonds. The number of fused-ring (bicyclic) bond motifs is 1. The molecule has 1 N–H and O–H groups in total. The first kappa shape index (κ1) is 15.4. The molecule has 4 nitrogen and oxygen atoms in total. The minimum absolute atomic E-state index is 0.00750. The van der Waals surface area contributed by atoms with E-state index in [2.05, 4.69) is 24.4 Å². The molecule has 1 fully saturated rings. The zero-order valence-electron chi connectivity index (χ0n) is 12.9. The normalized spacial score (nSPS) is 25.7. The number of hydrogen-bond donors (Lipinski definition) is 1. The number of thioether (sulfide) groups is 1. The van der Waals surface area contributed by atoms with E-state index in [0.717, 1.165) is 25.0 Å². The van der Waals surface area contributed by atoms with Crippen molar-refractivity contribution in [2.24, 2.45) is 0 Å². The smallest absolute Gasteiger partial charge is 0.245 e. The molecular formula is C17H22N2O2S. The van der Waals surface area contributed by atoms with Gasteiger partial charge < -0.3 is 10.2 Å². The largest absolute Gasteiger partial charge is 0.344 e. The molecule has 0 bridgehead atoms. The molecule has 118 valence electrons. The van der Waals surface area contributed by atoms with E-state index in [1.807, 2.05) is 28.8 Å². The van der Waals surface area contributed by atoms with E-state index in [1.165, 1.54) is 10.5 Å². The van der Waals surface area contributed by atoms with Crippen LogP contribution in [0.3, 0.4) is 0 Å². The molecule has 0 aliphatic carbocycles. The van der Waals surface area contributed by atoms with E-state index in [4.69, 9.17) is 0 Å². The van der Waals surface area contributed by atoms with Crippen molar-refractivity contribution in [1.29, 1.82) is 0 Å². The Morgan fingerprint density at radius 1 is 1.32 bits per heavy atom. The maximum Gasteiger partial charge on any atom is 0.245 e. The van der Waals surface area contributed by atoms with Gasteiger partial charge in [-0.1, -0.05) is 24.6 Å². The third kappa shape index (κ3) is 3.29. The van der Waals surface area contributed by atoms with E-state index >= 15 is 0 Å². The highest BCUT2D eigenvalue weighted by Gasteiger charge is 2.31. The second-order valence-electron chi connectivity index (χ2n) is 6.10. The Bertz CT molecular complexity index is 576. The highest BCUT2D eigenvalue weighted by Crippen LogP contribution is 2.30. The van der Waals surface area contributed by atoms with Crippen molar-refractivity contribution in [2.45, 2.75) is 56.1 Å². The molecule has 0 spiro atoms. The van der Waals surface area contributed by atoms with Crippen LogP contribution in [0.4, 0.5) is 0 Å². The Hall–Kier alpha value is -1.49. The second-order valence-corrected chi connectivity index (χ2v) is 7.16. The number of nitrogens with one attached hydrogen (secondary N) is 1. The van der Waals surface area contributed by atoms with Gasteiger partial charge in [-0.15, -0.1) is 11.8 Å². The summed E-state index contributed by atoms with van der Waals surface area (Å²) < 4.78 is 0. The molecule has 1 saturated heterocycles. The van der Waals surface area contributed by atoms with Gasteiger partial charge in [0.1, 0.15) is 6.04 Å². The second kappa shape index (κ2) is 6.73. The minimum atomic E-state index is -0.354. The molecule has 3 rings (SSSR count). The van der Waals surface area contributed by atoms with Crippen LogP contribution in [-0.4, -0.2) is 34.6 Å². The highest BCUT2D eigenvalue weighted by atomic mass is 32.2. The van der Waals surface area contributed by atoms with Crippen molar-refractivity contribution in [3.8, 4) is 0 Å². The lowest BCUT2D eigenvalue weighted by Gasteiger charge is -2.30. The van der Waals surface area contributed by atoms with Crippen LogP contribution in [0.15, 0.2) is 29.2 Å². The van der Waals surface area contributed by atoms with Gasteiger partial charge in [0.25, 0.3) is 0 Å². The van der Waals surface area contributed by atoms with Gasteiger partial charge in [-0.3, -0.25) is 9.59 Å². The average molecular weight is 318 g/mol. The first-order valence-corrected chi connectivity index (χ1v) is 8.94. The number of amides is 2. The Morgan fingerprint density at radius 3 is 3.00 bits per heavy atom. The van der Waals surface area contributed by atoms with Crippen LogP contribution in [0, 0.1) is 0 Å². The van der Waals surface area contributed by atoms with Crippen molar-refractivity contribution < 1.29 is 9.59 Å². The Morgan fingerprint density at radius 2 is 2.14 bits per heavy atom. The molecule has 0 saturated carbocycles. The fourth-order valence-corrected chi connectivity index (χ4v) is 4.16. The summed E-state index contributed by atoms with van der Waals surface area (Å²) in [5, 5.41) is 2.90. The van der Waals surface area contributed by atoms with E-state index in [0.29, 0.717) is 13.0 Å². The molecule has 2 atom stereocenters. The summed E-state index contributed by atoms with van der Waals surface area (Å²) in [6.07, 6.45) is 3.10. The molecule has 2 unspecified atom stereocenters. The van der Waals surface area contributed by atoms with Crippen LogP contribution in [0.1, 0.15) is 38.2 Å². The summed E-state index contributed by atoms with van der Waals surface area (Å²) in [5.41, 5.74) is 1.20. The zero-order valence-corrected chi connectivity index (χ0v) is 13.7. The van der Waals surface area contributed by atoms with Crippen LogP contribution < -0.4 is 5.32 Å². The monoisotopic (exact) mass is 318 g/mol. The number of nitrogens with zero attached hydrogens (tertiary/aromatic N) is 1. The highest BCUT2D eigenvalue weighted by molar-refractivity contribution is 7.99. The lowest BCUT2D eigenvalue weighted by atomic mass is 10.1. The third-order valence-electron chi connectivity index (χ3n) is 4.39. The summed E-state index contributed by atoms with van der Waals surface area (Å²) in [6, 6.07) is 8.09. The van der Waals surface area contributed by atoms with Gasteiger partial charge in [-0.2, -0.15) is 0 Å². The molecule has 2 aliphatic heterocycles. The Labute approximate surface area is 135 Å². The van der Waals surface area contributed by atoms with Gasteiger partial charge in [-0.25, -0.2) is 0 Å². The summed E-state index contributed by atoms with van der Waals surface area (Å²) in [7, 11) is 0. The number of carbonyl (C=O) groups excluding carboxylic acids is 2.